The topological polar surface area (TPSA) is 60.2 Å². The van der Waals surface area contributed by atoms with Gasteiger partial charge < -0.3 is 15.8 Å². The fourth-order valence-corrected chi connectivity index (χ4v) is 2.35. The summed E-state index contributed by atoms with van der Waals surface area (Å²) in [5.74, 6) is 1.29. The number of nitrogen functional groups attached to an aromatic ring is 1. The van der Waals surface area contributed by atoms with Crippen LogP contribution in [0.25, 0.3) is 0 Å². The zero-order valence-corrected chi connectivity index (χ0v) is 12.3. The Balaban J connectivity index is 2.49. The van der Waals surface area contributed by atoms with Crippen molar-refractivity contribution in [2.45, 2.75) is 13.0 Å². The summed E-state index contributed by atoms with van der Waals surface area (Å²) in [4.78, 5) is 4.11. The second-order valence-corrected chi connectivity index (χ2v) is 4.76. The van der Waals surface area contributed by atoms with Gasteiger partial charge in [0.25, 0.3) is 0 Å². The first-order valence-corrected chi connectivity index (χ1v) is 6.85. The first-order valence-electron chi connectivity index (χ1n) is 6.47. The van der Waals surface area contributed by atoms with Crippen molar-refractivity contribution in [1.82, 2.24) is 10.3 Å². The summed E-state index contributed by atoms with van der Waals surface area (Å²) < 4.78 is 5.68. The molecule has 20 heavy (non-hydrogen) atoms. The number of benzene rings is 1. The second kappa shape index (κ2) is 6.59. The highest BCUT2D eigenvalue weighted by atomic mass is 35.5. The molecule has 0 aliphatic heterocycles. The van der Waals surface area contributed by atoms with E-state index in [1.807, 2.05) is 44.3 Å². The lowest BCUT2D eigenvalue weighted by molar-refractivity contribution is 0.334. The molecule has 3 N–H and O–H groups in total. The quantitative estimate of drug-likeness (QED) is 0.889. The normalized spacial score (nSPS) is 12.2. The number of halogens is 1. The molecule has 0 fully saturated rings. The highest BCUT2D eigenvalue weighted by Gasteiger charge is 2.19. The van der Waals surface area contributed by atoms with Crippen LogP contribution in [0.3, 0.4) is 0 Å². The molecule has 1 aromatic heterocycles. The second-order valence-electron chi connectivity index (χ2n) is 4.32. The van der Waals surface area contributed by atoms with E-state index in [0.29, 0.717) is 17.4 Å². The number of rotatable bonds is 5. The maximum absolute atomic E-state index is 6.03. The molecule has 4 nitrogen and oxygen atoms in total. The summed E-state index contributed by atoms with van der Waals surface area (Å²) in [5, 5.41) is 3.80. The predicted octanol–water partition coefficient (Wildman–Crippen LogP) is 3.02. The van der Waals surface area contributed by atoms with Gasteiger partial charge in [0.15, 0.2) is 0 Å². The lowest BCUT2D eigenvalue weighted by Crippen LogP contribution is -2.20. The summed E-state index contributed by atoms with van der Waals surface area (Å²) in [6, 6.07) is 9.57. The van der Waals surface area contributed by atoms with Crippen LogP contribution in [0, 0.1) is 0 Å². The number of para-hydroxylation sites is 1. The van der Waals surface area contributed by atoms with E-state index in [1.54, 1.807) is 6.20 Å². The van der Waals surface area contributed by atoms with Gasteiger partial charge in [-0.25, -0.2) is 4.98 Å². The van der Waals surface area contributed by atoms with E-state index in [2.05, 4.69) is 10.3 Å². The van der Waals surface area contributed by atoms with Crippen LogP contribution >= 0.6 is 11.6 Å². The van der Waals surface area contributed by atoms with Gasteiger partial charge >= 0.3 is 0 Å². The summed E-state index contributed by atoms with van der Waals surface area (Å²) in [6.45, 7) is 2.57. The fourth-order valence-electron chi connectivity index (χ4n) is 2.18. The fraction of sp³-hybridized carbons (Fsp3) is 0.267. The molecule has 5 heteroatoms. The van der Waals surface area contributed by atoms with E-state index in [0.717, 1.165) is 16.9 Å². The molecule has 0 amide bonds. The third-order valence-corrected chi connectivity index (χ3v) is 3.25. The van der Waals surface area contributed by atoms with Gasteiger partial charge in [-0.15, -0.1) is 0 Å². The molecule has 0 bridgehead atoms. The third-order valence-electron chi connectivity index (χ3n) is 3.05. The first-order chi connectivity index (χ1) is 9.67. The van der Waals surface area contributed by atoms with Crippen LogP contribution in [0.4, 0.5) is 5.82 Å². The molecule has 0 aliphatic rings. The van der Waals surface area contributed by atoms with Crippen molar-refractivity contribution >= 4 is 17.4 Å². The molecule has 0 saturated heterocycles. The van der Waals surface area contributed by atoms with Gasteiger partial charge in [0.1, 0.15) is 11.6 Å². The van der Waals surface area contributed by atoms with Crippen LogP contribution in [0.5, 0.6) is 5.75 Å². The Hall–Kier alpha value is -1.78. The maximum Gasteiger partial charge on any atom is 0.128 e. The predicted molar refractivity (Wildman–Crippen MR) is 82.2 cm³/mol. The molecule has 2 aromatic rings. The number of hydrogen-bond acceptors (Lipinski definition) is 4. The number of hydrogen-bond donors (Lipinski definition) is 2. The van der Waals surface area contributed by atoms with Crippen LogP contribution in [-0.2, 0) is 0 Å². The van der Waals surface area contributed by atoms with Crippen molar-refractivity contribution in [3.8, 4) is 5.75 Å². The van der Waals surface area contributed by atoms with Crippen LogP contribution < -0.4 is 15.8 Å². The molecule has 0 spiro atoms. The monoisotopic (exact) mass is 291 g/mol. The van der Waals surface area contributed by atoms with Gasteiger partial charge in [0.05, 0.1) is 17.7 Å². The standard InChI is InChI=1S/C15H18ClN3O/c1-3-20-13-7-5-4-6-11(13)14(18-2)12-8-10(16)9-19-15(12)17/h4-9,14,18H,3H2,1-2H3,(H2,17,19). The van der Waals surface area contributed by atoms with Gasteiger partial charge in [-0.05, 0) is 26.1 Å². The smallest absolute Gasteiger partial charge is 0.128 e. The number of ether oxygens (including phenoxy) is 1. The summed E-state index contributed by atoms with van der Waals surface area (Å²) >= 11 is 6.03. The average molecular weight is 292 g/mol. The Morgan fingerprint density at radius 2 is 2.10 bits per heavy atom. The Morgan fingerprint density at radius 1 is 1.35 bits per heavy atom. The first kappa shape index (κ1) is 14.6. The summed E-state index contributed by atoms with van der Waals surface area (Å²) in [6.07, 6.45) is 1.54. The number of nitrogens with one attached hydrogen (secondary N) is 1. The molecule has 106 valence electrons. The van der Waals surface area contributed by atoms with E-state index in [1.165, 1.54) is 0 Å². The maximum atomic E-state index is 6.03. The molecule has 0 radical (unpaired) electrons. The highest BCUT2D eigenvalue weighted by Crippen LogP contribution is 2.32. The number of pyridine rings is 1. The van der Waals surface area contributed by atoms with Crippen molar-refractivity contribution in [2.75, 3.05) is 19.4 Å². The zero-order chi connectivity index (χ0) is 14.5. The molecule has 0 saturated carbocycles. The molecule has 1 unspecified atom stereocenters. The number of anilines is 1. The number of nitrogens with zero attached hydrogens (tertiary/aromatic N) is 1. The van der Waals surface area contributed by atoms with Gasteiger partial charge in [-0.2, -0.15) is 0 Å². The minimum Gasteiger partial charge on any atom is -0.494 e. The van der Waals surface area contributed by atoms with Crippen molar-refractivity contribution in [3.05, 3.63) is 52.7 Å². The SMILES string of the molecule is CCOc1ccccc1C(NC)c1cc(Cl)cnc1N. The van der Waals surface area contributed by atoms with Crippen molar-refractivity contribution < 1.29 is 4.74 Å². The van der Waals surface area contributed by atoms with E-state index in [-0.39, 0.29) is 6.04 Å². The van der Waals surface area contributed by atoms with Crippen molar-refractivity contribution in [3.63, 3.8) is 0 Å². The largest absolute Gasteiger partial charge is 0.494 e. The van der Waals surface area contributed by atoms with Gasteiger partial charge in [0, 0.05) is 17.3 Å². The van der Waals surface area contributed by atoms with Crippen LogP contribution in [-0.4, -0.2) is 18.6 Å². The lowest BCUT2D eigenvalue weighted by Gasteiger charge is -2.21. The molecule has 1 heterocycles. The Kier molecular flexibility index (Phi) is 4.82. The zero-order valence-electron chi connectivity index (χ0n) is 11.6. The summed E-state index contributed by atoms with van der Waals surface area (Å²) in [7, 11) is 1.87. The minimum atomic E-state index is -0.121. The number of nitrogens with two attached hydrogens (primary N) is 1. The molecule has 1 aromatic carbocycles. The third kappa shape index (κ3) is 3.03. The van der Waals surface area contributed by atoms with E-state index in [4.69, 9.17) is 22.1 Å². The van der Waals surface area contributed by atoms with Crippen LogP contribution in [0.1, 0.15) is 24.1 Å². The van der Waals surface area contributed by atoms with E-state index < -0.39 is 0 Å². The highest BCUT2D eigenvalue weighted by molar-refractivity contribution is 6.30. The molecule has 2 rings (SSSR count). The van der Waals surface area contributed by atoms with Crippen LogP contribution in [0.2, 0.25) is 5.02 Å². The van der Waals surface area contributed by atoms with Crippen LogP contribution in [0.15, 0.2) is 36.5 Å². The number of aromatic nitrogens is 1. The Morgan fingerprint density at radius 3 is 2.80 bits per heavy atom. The average Bonchev–Trinajstić information content (AvgIpc) is 2.45. The molecular formula is C15H18ClN3O. The van der Waals surface area contributed by atoms with Gasteiger partial charge in [-0.1, -0.05) is 29.8 Å². The molecular weight excluding hydrogens is 274 g/mol. The Labute approximate surface area is 123 Å². The van der Waals surface area contributed by atoms with E-state index >= 15 is 0 Å². The minimum absolute atomic E-state index is 0.121. The Bertz CT molecular complexity index is 589. The molecule has 0 aliphatic carbocycles. The summed E-state index contributed by atoms with van der Waals surface area (Å²) in [5.41, 5.74) is 7.82. The van der Waals surface area contributed by atoms with Gasteiger partial charge in [-0.3, -0.25) is 0 Å². The van der Waals surface area contributed by atoms with Gasteiger partial charge in [0.2, 0.25) is 0 Å². The van der Waals surface area contributed by atoms with Crippen molar-refractivity contribution in [1.29, 1.82) is 0 Å². The van der Waals surface area contributed by atoms with E-state index in [9.17, 15) is 0 Å². The lowest BCUT2D eigenvalue weighted by atomic mass is 9.98. The molecule has 1 atom stereocenters. The van der Waals surface area contributed by atoms with Crippen molar-refractivity contribution in [2.24, 2.45) is 0 Å².